The number of likely N-dealkylation sites (N-methyl/N-ethyl adjacent to an activating group) is 1. The molecule has 7 heteroatoms. The zero-order valence-corrected chi connectivity index (χ0v) is 16.9. The number of aryl methyl sites for hydroxylation is 1. The Balaban J connectivity index is 1.37. The Morgan fingerprint density at radius 2 is 1.85 bits per heavy atom. The number of nitrogens with zero attached hydrogens (tertiary/aromatic N) is 6. The Kier molecular flexibility index (Phi) is 5.32. The summed E-state index contributed by atoms with van der Waals surface area (Å²) < 4.78 is 0. The van der Waals surface area contributed by atoms with Crippen molar-refractivity contribution in [3.05, 3.63) is 17.5 Å². The van der Waals surface area contributed by atoms with E-state index in [9.17, 15) is 4.79 Å². The Bertz CT molecular complexity index is 681. The molecule has 7 nitrogen and oxygen atoms in total. The zero-order valence-electron chi connectivity index (χ0n) is 16.9. The maximum absolute atomic E-state index is 12.9. The molecule has 0 aliphatic carbocycles. The van der Waals surface area contributed by atoms with Crippen LogP contribution in [0.2, 0.25) is 0 Å². The number of carbonyl (C=O) groups excluding carboxylic acids is 1. The largest absolute Gasteiger partial charge is 0.338 e. The van der Waals surface area contributed by atoms with Gasteiger partial charge in [0.25, 0.3) is 5.91 Å². The van der Waals surface area contributed by atoms with Gasteiger partial charge in [-0.3, -0.25) is 9.69 Å². The average molecular weight is 373 g/mol. The summed E-state index contributed by atoms with van der Waals surface area (Å²) in [5.41, 5.74) is 1.44. The second-order valence-electron chi connectivity index (χ2n) is 8.41. The van der Waals surface area contributed by atoms with Crippen LogP contribution in [0.1, 0.15) is 42.2 Å². The number of aromatic nitrogens is 2. The predicted molar refractivity (Wildman–Crippen MR) is 106 cm³/mol. The lowest BCUT2D eigenvalue weighted by molar-refractivity contribution is 0.00203. The number of likely N-dealkylation sites (tertiary alicyclic amines) is 2. The van der Waals surface area contributed by atoms with E-state index in [1.54, 1.807) is 6.20 Å². The predicted octanol–water partition coefficient (Wildman–Crippen LogP) is 1.24. The summed E-state index contributed by atoms with van der Waals surface area (Å²) in [6.45, 7) is 11.0. The van der Waals surface area contributed by atoms with Crippen LogP contribution in [0.4, 0.5) is 5.95 Å². The standard InChI is InChI=1S/C20H32N6O/c1-15-6-4-5-7-26(15)17-13-25(14-17)19(27)18-12-21-20(22-16(18)2)24-10-8-23(3)9-11-24/h12,15,17H,4-11,13-14H2,1-3H3. The lowest BCUT2D eigenvalue weighted by Gasteiger charge is -2.49. The smallest absolute Gasteiger partial charge is 0.257 e. The lowest BCUT2D eigenvalue weighted by atomic mass is 9.97. The molecule has 4 rings (SSSR count). The Morgan fingerprint density at radius 3 is 2.52 bits per heavy atom. The van der Waals surface area contributed by atoms with Gasteiger partial charge in [-0.25, -0.2) is 9.97 Å². The summed E-state index contributed by atoms with van der Waals surface area (Å²) in [5, 5.41) is 0. The van der Waals surface area contributed by atoms with Crippen LogP contribution in [0.25, 0.3) is 0 Å². The van der Waals surface area contributed by atoms with E-state index in [4.69, 9.17) is 0 Å². The van der Waals surface area contributed by atoms with Gasteiger partial charge in [-0.1, -0.05) is 6.42 Å². The van der Waals surface area contributed by atoms with Crippen molar-refractivity contribution in [2.75, 3.05) is 57.8 Å². The molecule has 0 bridgehead atoms. The van der Waals surface area contributed by atoms with Gasteiger partial charge in [-0.2, -0.15) is 0 Å². The molecule has 27 heavy (non-hydrogen) atoms. The molecular formula is C20H32N6O. The molecule has 0 aromatic carbocycles. The fraction of sp³-hybridized carbons (Fsp3) is 0.750. The maximum Gasteiger partial charge on any atom is 0.257 e. The molecule has 0 radical (unpaired) electrons. The van der Waals surface area contributed by atoms with E-state index in [1.807, 2.05) is 11.8 Å². The monoisotopic (exact) mass is 372 g/mol. The minimum atomic E-state index is 0.0818. The third-order valence-corrected chi connectivity index (χ3v) is 6.46. The number of piperidine rings is 1. The first-order valence-corrected chi connectivity index (χ1v) is 10.3. The maximum atomic E-state index is 12.9. The van der Waals surface area contributed by atoms with E-state index in [0.717, 1.165) is 50.9 Å². The molecule has 1 atom stereocenters. The van der Waals surface area contributed by atoms with Gasteiger partial charge in [0.2, 0.25) is 5.95 Å². The first-order valence-electron chi connectivity index (χ1n) is 10.3. The van der Waals surface area contributed by atoms with E-state index in [1.165, 1.54) is 25.8 Å². The molecular weight excluding hydrogens is 340 g/mol. The molecule has 0 N–H and O–H groups in total. The van der Waals surface area contributed by atoms with Crippen LogP contribution in [-0.2, 0) is 0 Å². The van der Waals surface area contributed by atoms with Gasteiger partial charge in [-0.15, -0.1) is 0 Å². The molecule has 148 valence electrons. The summed E-state index contributed by atoms with van der Waals surface area (Å²) in [5.74, 6) is 0.833. The van der Waals surface area contributed by atoms with E-state index < -0.39 is 0 Å². The highest BCUT2D eigenvalue weighted by Gasteiger charge is 2.38. The quantitative estimate of drug-likeness (QED) is 0.796. The number of anilines is 1. The van der Waals surface area contributed by atoms with E-state index in [0.29, 0.717) is 17.6 Å². The molecule has 1 aromatic rings. The van der Waals surface area contributed by atoms with Crippen molar-refractivity contribution in [2.45, 2.75) is 45.2 Å². The van der Waals surface area contributed by atoms with Gasteiger partial charge in [0.05, 0.1) is 11.3 Å². The van der Waals surface area contributed by atoms with Crippen molar-refractivity contribution in [3.63, 3.8) is 0 Å². The molecule has 1 amide bonds. The zero-order chi connectivity index (χ0) is 19.0. The fourth-order valence-electron chi connectivity index (χ4n) is 4.49. The summed E-state index contributed by atoms with van der Waals surface area (Å²) in [6.07, 6.45) is 5.64. The van der Waals surface area contributed by atoms with Gasteiger partial charge in [0, 0.05) is 57.5 Å². The molecule has 1 unspecified atom stereocenters. The number of piperazine rings is 1. The molecule has 0 saturated carbocycles. The fourth-order valence-corrected chi connectivity index (χ4v) is 4.49. The van der Waals surface area contributed by atoms with Crippen molar-refractivity contribution < 1.29 is 4.79 Å². The van der Waals surface area contributed by atoms with Crippen molar-refractivity contribution in [1.29, 1.82) is 0 Å². The number of hydrogen-bond acceptors (Lipinski definition) is 6. The molecule has 4 heterocycles. The SMILES string of the molecule is Cc1nc(N2CCN(C)CC2)ncc1C(=O)N1CC(N2CCCCC2C)C1. The van der Waals surface area contributed by atoms with Crippen LogP contribution < -0.4 is 4.90 Å². The summed E-state index contributed by atoms with van der Waals surface area (Å²) >= 11 is 0. The van der Waals surface area contributed by atoms with Gasteiger partial charge in [0.1, 0.15) is 0 Å². The molecule has 0 spiro atoms. The van der Waals surface area contributed by atoms with Crippen molar-refractivity contribution in [3.8, 4) is 0 Å². The summed E-state index contributed by atoms with van der Waals surface area (Å²) in [6, 6.07) is 1.17. The third-order valence-electron chi connectivity index (χ3n) is 6.46. The normalized spacial score (nSPS) is 25.5. The second kappa shape index (κ2) is 7.72. The topological polar surface area (TPSA) is 55.8 Å². The first kappa shape index (κ1) is 18.6. The Morgan fingerprint density at radius 1 is 1.11 bits per heavy atom. The van der Waals surface area contributed by atoms with Crippen LogP contribution in [0.3, 0.4) is 0 Å². The molecule has 3 fully saturated rings. The van der Waals surface area contributed by atoms with Crippen molar-refractivity contribution in [2.24, 2.45) is 0 Å². The minimum absolute atomic E-state index is 0.0818. The van der Waals surface area contributed by atoms with Crippen LogP contribution in [0.5, 0.6) is 0 Å². The third kappa shape index (κ3) is 3.80. The van der Waals surface area contributed by atoms with Gasteiger partial charge in [-0.05, 0) is 40.3 Å². The van der Waals surface area contributed by atoms with E-state index >= 15 is 0 Å². The van der Waals surface area contributed by atoms with Crippen molar-refractivity contribution >= 4 is 11.9 Å². The molecule has 1 aromatic heterocycles. The summed E-state index contributed by atoms with van der Waals surface area (Å²) in [7, 11) is 2.14. The Hall–Kier alpha value is -1.73. The highest BCUT2D eigenvalue weighted by molar-refractivity contribution is 5.95. The van der Waals surface area contributed by atoms with Gasteiger partial charge in [0.15, 0.2) is 0 Å². The van der Waals surface area contributed by atoms with Gasteiger partial charge >= 0.3 is 0 Å². The Labute approximate surface area is 162 Å². The van der Waals surface area contributed by atoms with E-state index in [-0.39, 0.29) is 5.91 Å². The highest BCUT2D eigenvalue weighted by Crippen LogP contribution is 2.26. The average Bonchev–Trinajstić information content (AvgIpc) is 2.62. The molecule has 3 aliphatic heterocycles. The first-order chi connectivity index (χ1) is 13.0. The number of hydrogen-bond donors (Lipinski definition) is 0. The number of rotatable bonds is 3. The van der Waals surface area contributed by atoms with E-state index in [2.05, 4.69) is 38.6 Å². The number of amides is 1. The molecule has 3 saturated heterocycles. The van der Waals surface area contributed by atoms with Crippen LogP contribution in [0.15, 0.2) is 6.20 Å². The number of carbonyl (C=O) groups is 1. The van der Waals surface area contributed by atoms with Crippen LogP contribution in [0, 0.1) is 6.92 Å². The summed E-state index contributed by atoms with van der Waals surface area (Å²) in [4.78, 5) is 31.1. The van der Waals surface area contributed by atoms with Crippen LogP contribution >= 0.6 is 0 Å². The lowest BCUT2D eigenvalue weighted by Crippen LogP contribution is -2.63. The van der Waals surface area contributed by atoms with Gasteiger partial charge < -0.3 is 14.7 Å². The highest BCUT2D eigenvalue weighted by atomic mass is 16.2. The van der Waals surface area contributed by atoms with Crippen LogP contribution in [-0.4, -0.2) is 95.5 Å². The molecule has 3 aliphatic rings. The second-order valence-corrected chi connectivity index (χ2v) is 8.41. The minimum Gasteiger partial charge on any atom is -0.338 e. The van der Waals surface area contributed by atoms with Crippen molar-refractivity contribution in [1.82, 2.24) is 24.7 Å².